The van der Waals surface area contributed by atoms with Gasteiger partial charge in [0.25, 0.3) is 0 Å². The van der Waals surface area contributed by atoms with Crippen LogP contribution in [0.4, 0.5) is 0 Å². The maximum Gasteiger partial charge on any atom is 0.362 e. The second-order valence-electron chi connectivity index (χ2n) is 13.4. The van der Waals surface area contributed by atoms with Gasteiger partial charge in [0.1, 0.15) is 12.6 Å². The molecule has 6 atom stereocenters. The highest BCUT2D eigenvalue weighted by Crippen LogP contribution is 2.67. The minimum absolute atomic E-state index is 0.0393. The van der Waals surface area contributed by atoms with Crippen molar-refractivity contribution in [2.24, 2.45) is 33.5 Å². The molecule has 4 aliphatic rings. The maximum absolute atomic E-state index is 12.8. The number of rotatable bonds is 7. The van der Waals surface area contributed by atoms with Gasteiger partial charge >= 0.3 is 5.97 Å². The summed E-state index contributed by atoms with van der Waals surface area (Å²) in [6, 6.07) is 0. The largest absolute Gasteiger partial charge is 0.458 e. The summed E-state index contributed by atoms with van der Waals surface area (Å²) in [6.07, 6.45) is 7.83. The molecule has 4 saturated carbocycles. The van der Waals surface area contributed by atoms with Gasteiger partial charge in [0, 0.05) is 5.41 Å². The van der Waals surface area contributed by atoms with E-state index in [9.17, 15) is 4.79 Å². The van der Waals surface area contributed by atoms with Crippen LogP contribution < -0.4 is 0 Å². The molecule has 4 bridgehead atoms. The number of quaternary nitrogens is 1. The maximum atomic E-state index is 12.8. The van der Waals surface area contributed by atoms with Crippen molar-refractivity contribution >= 4 is 5.97 Å². The van der Waals surface area contributed by atoms with Gasteiger partial charge < -0.3 is 14.0 Å². The Morgan fingerprint density at radius 3 is 1.80 bits per heavy atom. The van der Waals surface area contributed by atoms with E-state index in [0.717, 1.165) is 25.5 Å². The molecule has 0 heterocycles. The normalized spacial score (nSPS) is 43.3. The fraction of sp³-hybridized carbons (Fsp3) is 0.962. The molecular formula is C26H46NO3+. The SMILES string of the molecule is CC1(C)[C@H]2CC[C@@]1(C)[C@@H](OCC[N+](C)(C)CC(=O)O[C@@H]1C[C@H]3CC[C@@]1(C)C3(C)C)C2. The summed E-state index contributed by atoms with van der Waals surface area (Å²) in [7, 11) is 4.26. The van der Waals surface area contributed by atoms with Gasteiger partial charge in [-0.2, -0.15) is 0 Å². The third-order valence-corrected chi connectivity index (χ3v) is 11.3. The second-order valence-corrected chi connectivity index (χ2v) is 13.4. The number of ether oxygens (including phenoxy) is 2. The Balaban J connectivity index is 1.26. The average Bonchev–Trinajstić information content (AvgIpc) is 3.13. The van der Waals surface area contributed by atoms with E-state index in [0.29, 0.717) is 33.9 Å². The molecule has 0 aromatic carbocycles. The zero-order chi connectivity index (χ0) is 22.2. The van der Waals surface area contributed by atoms with Crippen molar-refractivity contribution in [2.75, 3.05) is 33.8 Å². The van der Waals surface area contributed by atoms with Crippen LogP contribution in [0.15, 0.2) is 0 Å². The van der Waals surface area contributed by atoms with Crippen LogP contribution in [-0.2, 0) is 14.3 Å². The van der Waals surface area contributed by atoms with Crippen molar-refractivity contribution in [1.82, 2.24) is 0 Å². The van der Waals surface area contributed by atoms with Crippen LogP contribution in [-0.4, -0.2) is 56.5 Å². The predicted molar refractivity (Wildman–Crippen MR) is 120 cm³/mol. The fourth-order valence-corrected chi connectivity index (χ4v) is 7.76. The van der Waals surface area contributed by atoms with E-state index < -0.39 is 0 Å². The van der Waals surface area contributed by atoms with E-state index in [1.165, 1.54) is 32.1 Å². The second kappa shape index (κ2) is 6.94. The Morgan fingerprint density at radius 2 is 1.37 bits per heavy atom. The number of carbonyl (C=O) groups excluding carboxylic acids is 1. The van der Waals surface area contributed by atoms with Crippen LogP contribution in [0.5, 0.6) is 0 Å². The quantitative estimate of drug-likeness (QED) is 0.427. The summed E-state index contributed by atoms with van der Waals surface area (Å²) in [4.78, 5) is 12.8. The Kier molecular flexibility index (Phi) is 5.22. The van der Waals surface area contributed by atoms with E-state index in [2.05, 4.69) is 55.6 Å². The summed E-state index contributed by atoms with van der Waals surface area (Å²) in [6.45, 7) is 16.4. The Morgan fingerprint density at radius 1 is 0.867 bits per heavy atom. The van der Waals surface area contributed by atoms with Gasteiger partial charge in [-0.15, -0.1) is 0 Å². The third kappa shape index (κ3) is 3.18. The first kappa shape index (κ1) is 22.6. The summed E-state index contributed by atoms with van der Waals surface area (Å²) in [5, 5.41) is 0. The first-order valence-corrected chi connectivity index (χ1v) is 12.4. The number of nitrogens with zero attached hydrogens (tertiary/aromatic N) is 1. The van der Waals surface area contributed by atoms with E-state index in [1.54, 1.807) is 0 Å². The highest BCUT2D eigenvalue weighted by Gasteiger charge is 2.63. The van der Waals surface area contributed by atoms with Crippen LogP contribution in [0, 0.1) is 33.5 Å². The third-order valence-electron chi connectivity index (χ3n) is 11.3. The summed E-state index contributed by atoms with van der Waals surface area (Å²) >= 11 is 0. The van der Waals surface area contributed by atoms with Crippen molar-refractivity contribution in [3.05, 3.63) is 0 Å². The minimum Gasteiger partial charge on any atom is -0.458 e. The van der Waals surface area contributed by atoms with E-state index in [4.69, 9.17) is 9.47 Å². The topological polar surface area (TPSA) is 35.5 Å². The van der Waals surface area contributed by atoms with Crippen LogP contribution in [0.2, 0.25) is 0 Å². The molecule has 0 N–H and O–H groups in total. The van der Waals surface area contributed by atoms with Gasteiger partial charge in [0.2, 0.25) is 0 Å². The van der Waals surface area contributed by atoms with E-state index >= 15 is 0 Å². The van der Waals surface area contributed by atoms with Crippen molar-refractivity contribution in [2.45, 2.75) is 92.3 Å². The van der Waals surface area contributed by atoms with E-state index in [1.807, 2.05) is 0 Å². The zero-order valence-electron chi connectivity index (χ0n) is 20.8. The molecular weight excluding hydrogens is 374 g/mol. The molecule has 0 aromatic rings. The van der Waals surface area contributed by atoms with Gasteiger partial charge in [0.15, 0.2) is 6.54 Å². The van der Waals surface area contributed by atoms with Crippen LogP contribution >= 0.6 is 0 Å². The molecule has 4 nitrogen and oxygen atoms in total. The first-order chi connectivity index (χ1) is 13.7. The molecule has 0 aliphatic heterocycles. The molecule has 0 unspecified atom stereocenters. The summed E-state index contributed by atoms with van der Waals surface area (Å²) in [5.41, 5.74) is 1.10. The number of carbonyl (C=O) groups is 1. The monoisotopic (exact) mass is 420 g/mol. The van der Waals surface area contributed by atoms with E-state index in [-0.39, 0.29) is 22.9 Å². The number of likely N-dealkylation sites (N-methyl/N-ethyl adjacent to an activating group) is 1. The molecule has 0 saturated heterocycles. The Bertz CT molecular complexity index is 698. The molecule has 4 heteroatoms. The smallest absolute Gasteiger partial charge is 0.362 e. The summed E-state index contributed by atoms with van der Waals surface area (Å²) < 4.78 is 13.2. The zero-order valence-corrected chi connectivity index (χ0v) is 20.8. The Labute approximate surface area is 184 Å². The standard InChI is InChI=1S/C26H46NO3/c1-23(2)18-9-11-25(23,5)20(15-18)29-14-13-27(7,8)17-22(28)30-21-16-19-10-12-26(21,6)24(19,3)4/h18-21H,9-17H2,1-8H3/q+1/t18-,19+,20-,21+,25-,26+/m0/s1. The lowest BCUT2D eigenvalue weighted by Gasteiger charge is -2.40. The van der Waals surface area contributed by atoms with Gasteiger partial charge in [-0.1, -0.05) is 41.5 Å². The van der Waals surface area contributed by atoms with Gasteiger partial charge in [-0.3, -0.25) is 0 Å². The lowest BCUT2D eigenvalue weighted by Crippen LogP contribution is -2.49. The van der Waals surface area contributed by atoms with Crippen molar-refractivity contribution < 1.29 is 18.8 Å². The molecule has 0 aromatic heterocycles. The van der Waals surface area contributed by atoms with Crippen molar-refractivity contribution in [1.29, 1.82) is 0 Å². The molecule has 4 rings (SSSR count). The minimum atomic E-state index is -0.0393. The van der Waals surface area contributed by atoms with Crippen molar-refractivity contribution in [3.8, 4) is 0 Å². The van der Waals surface area contributed by atoms with Crippen LogP contribution in [0.3, 0.4) is 0 Å². The highest BCUT2D eigenvalue weighted by molar-refractivity contribution is 5.71. The molecule has 172 valence electrons. The van der Waals surface area contributed by atoms with Gasteiger partial charge in [-0.05, 0) is 66.6 Å². The molecule has 0 radical (unpaired) electrons. The molecule has 4 aliphatic carbocycles. The number of fused-ring (bicyclic) bond motifs is 4. The molecule has 4 fully saturated rings. The Hall–Kier alpha value is -0.610. The molecule has 0 amide bonds. The van der Waals surface area contributed by atoms with Crippen LogP contribution in [0.1, 0.15) is 80.1 Å². The van der Waals surface area contributed by atoms with Crippen molar-refractivity contribution in [3.63, 3.8) is 0 Å². The number of hydrogen-bond acceptors (Lipinski definition) is 3. The molecule has 30 heavy (non-hydrogen) atoms. The van der Waals surface area contributed by atoms with Crippen LogP contribution in [0.25, 0.3) is 0 Å². The predicted octanol–water partition coefficient (Wildman–Crippen LogP) is 5.05. The van der Waals surface area contributed by atoms with Gasteiger partial charge in [0.05, 0.1) is 26.8 Å². The average molecular weight is 421 g/mol. The lowest BCUT2D eigenvalue weighted by molar-refractivity contribution is -0.883. The first-order valence-electron chi connectivity index (χ1n) is 12.4. The highest BCUT2D eigenvalue weighted by atomic mass is 16.5. The lowest BCUT2D eigenvalue weighted by atomic mass is 9.70. The number of esters is 1. The summed E-state index contributed by atoms with van der Waals surface area (Å²) in [5.74, 6) is 1.46. The molecule has 0 spiro atoms. The fourth-order valence-electron chi connectivity index (χ4n) is 7.76. The number of hydrogen-bond donors (Lipinski definition) is 0. The van der Waals surface area contributed by atoms with Gasteiger partial charge in [-0.25, -0.2) is 4.79 Å².